The van der Waals surface area contributed by atoms with E-state index in [-0.39, 0.29) is 17.2 Å². The Hall–Kier alpha value is -0.370. The molecule has 0 radical (unpaired) electrons. The lowest BCUT2D eigenvalue weighted by Crippen LogP contribution is -2.40. The molecule has 1 aliphatic carbocycles. The fourth-order valence-corrected chi connectivity index (χ4v) is 1.17. The highest BCUT2D eigenvalue weighted by Gasteiger charge is 2.37. The Bertz CT molecular complexity index is 165. The van der Waals surface area contributed by atoms with Crippen molar-refractivity contribution in [3.63, 3.8) is 0 Å². The maximum atomic E-state index is 11.5. The van der Waals surface area contributed by atoms with Crippen LogP contribution < -0.4 is 5.73 Å². The van der Waals surface area contributed by atoms with Crippen molar-refractivity contribution in [2.75, 3.05) is 0 Å². The Kier molecular flexibility index (Phi) is 2.06. The largest absolute Gasteiger partial charge is 0.321 e. The normalized spacial score (nSPS) is 21.5. The van der Waals surface area contributed by atoms with Gasteiger partial charge in [-0.1, -0.05) is 20.8 Å². The molecule has 0 aromatic carbocycles. The minimum atomic E-state index is -0.262. The zero-order valence-electron chi connectivity index (χ0n) is 7.55. The number of hydrogen-bond donors (Lipinski definition) is 1. The Morgan fingerprint density at radius 1 is 1.45 bits per heavy atom. The zero-order valence-corrected chi connectivity index (χ0v) is 7.55. The quantitative estimate of drug-likeness (QED) is 0.654. The fraction of sp³-hybridized carbons (Fsp3) is 0.889. The summed E-state index contributed by atoms with van der Waals surface area (Å²) in [5.74, 6) is 0.696. The molecule has 0 saturated heterocycles. The van der Waals surface area contributed by atoms with Crippen LogP contribution >= 0.6 is 0 Å². The molecule has 11 heavy (non-hydrogen) atoms. The van der Waals surface area contributed by atoms with Gasteiger partial charge in [0.2, 0.25) is 0 Å². The van der Waals surface area contributed by atoms with Crippen LogP contribution in [0.5, 0.6) is 0 Å². The Labute approximate surface area is 68.2 Å². The second-order valence-electron chi connectivity index (χ2n) is 4.48. The summed E-state index contributed by atoms with van der Waals surface area (Å²) in [5, 5.41) is 0. The molecule has 0 spiro atoms. The number of Topliss-reactive ketones (excluding diaryl/α,β-unsaturated/α-hetero) is 1. The van der Waals surface area contributed by atoms with Crippen molar-refractivity contribution in [1.29, 1.82) is 0 Å². The SMILES string of the molecule is CC(C)(C)C(=O)[C@@H](N)C1CC1. The molecular formula is C9H17NO. The van der Waals surface area contributed by atoms with E-state index >= 15 is 0 Å². The molecule has 2 nitrogen and oxygen atoms in total. The molecule has 1 rings (SSSR count). The third-order valence-corrected chi connectivity index (χ3v) is 2.17. The van der Waals surface area contributed by atoms with Gasteiger partial charge in [0.15, 0.2) is 5.78 Å². The van der Waals surface area contributed by atoms with E-state index in [4.69, 9.17) is 5.73 Å². The zero-order chi connectivity index (χ0) is 8.65. The lowest BCUT2D eigenvalue weighted by molar-refractivity contribution is -0.128. The average molecular weight is 155 g/mol. The van der Waals surface area contributed by atoms with Crippen molar-refractivity contribution in [2.45, 2.75) is 39.7 Å². The number of carbonyl (C=O) groups excluding carboxylic acids is 1. The average Bonchev–Trinajstić information content (AvgIpc) is 2.63. The van der Waals surface area contributed by atoms with E-state index in [1.807, 2.05) is 20.8 Å². The molecule has 1 aliphatic rings. The van der Waals surface area contributed by atoms with Crippen molar-refractivity contribution in [3.8, 4) is 0 Å². The smallest absolute Gasteiger partial charge is 0.155 e. The van der Waals surface area contributed by atoms with Crippen LogP contribution in [0.4, 0.5) is 0 Å². The van der Waals surface area contributed by atoms with Gasteiger partial charge in [-0.3, -0.25) is 4.79 Å². The molecule has 2 N–H and O–H groups in total. The Morgan fingerprint density at radius 3 is 2.18 bits per heavy atom. The van der Waals surface area contributed by atoms with Crippen LogP contribution in [0.2, 0.25) is 0 Å². The molecule has 1 atom stereocenters. The van der Waals surface area contributed by atoms with Crippen molar-refractivity contribution in [3.05, 3.63) is 0 Å². The molecule has 0 bridgehead atoms. The molecule has 0 heterocycles. The van der Waals surface area contributed by atoms with Crippen molar-refractivity contribution < 1.29 is 4.79 Å². The summed E-state index contributed by atoms with van der Waals surface area (Å²) in [4.78, 5) is 11.5. The van der Waals surface area contributed by atoms with Crippen molar-refractivity contribution in [2.24, 2.45) is 17.1 Å². The lowest BCUT2D eigenvalue weighted by Gasteiger charge is -2.21. The summed E-state index contributed by atoms with van der Waals surface area (Å²) in [6, 6.07) is -0.199. The van der Waals surface area contributed by atoms with Crippen molar-refractivity contribution >= 4 is 5.78 Å². The molecule has 0 aromatic heterocycles. The van der Waals surface area contributed by atoms with Gasteiger partial charge in [-0.25, -0.2) is 0 Å². The van der Waals surface area contributed by atoms with Crippen LogP contribution in [-0.4, -0.2) is 11.8 Å². The maximum absolute atomic E-state index is 11.5. The van der Waals surface area contributed by atoms with Gasteiger partial charge in [0, 0.05) is 5.41 Å². The standard InChI is InChI=1S/C9H17NO/c1-9(2,3)8(11)7(10)6-4-5-6/h6-7H,4-5,10H2,1-3H3/t7-/m0/s1. The van der Waals surface area contributed by atoms with E-state index in [1.54, 1.807) is 0 Å². The lowest BCUT2D eigenvalue weighted by atomic mass is 9.85. The topological polar surface area (TPSA) is 43.1 Å². The van der Waals surface area contributed by atoms with Gasteiger partial charge in [0.05, 0.1) is 6.04 Å². The summed E-state index contributed by atoms with van der Waals surface area (Å²) in [6.07, 6.45) is 2.28. The molecule has 0 amide bonds. The predicted octanol–water partition coefficient (Wildman–Crippen LogP) is 1.34. The first-order valence-electron chi connectivity index (χ1n) is 4.23. The minimum absolute atomic E-state index is 0.199. The van der Waals surface area contributed by atoms with Gasteiger partial charge in [-0.2, -0.15) is 0 Å². The first-order valence-corrected chi connectivity index (χ1v) is 4.23. The molecule has 2 heteroatoms. The molecule has 1 fully saturated rings. The third kappa shape index (κ3) is 2.03. The molecular weight excluding hydrogens is 138 g/mol. The molecule has 0 aliphatic heterocycles. The first-order chi connectivity index (χ1) is 4.93. The molecule has 0 unspecified atom stereocenters. The van der Waals surface area contributed by atoms with Gasteiger partial charge in [0.25, 0.3) is 0 Å². The molecule has 64 valence electrons. The summed E-state index contributed by atoms with van der Waals surface area (Å²) in [5.41, 5.74) is 5.50. The number of rotatable bonds is 2. The predicted molar refractivity (Wildman–Crippen MR) is 45.2 cm³/mol. The van der Waals surface area contributed by atoms with E-state index in [2.05, 4.69) is 0 Å². The van der Waals surface area contributed by atoms with Gasteiger partial charge >= 0.3 is 0 Å². The van der Waals surface area contributed by atoms with Crippen LogP contribution in [0.1, 0.15) is 33.6 Å². The highest BCUT2D eigenvalue weighted by atomic mass is 16.1. The van der Waals surface area contributed by atoms with Gasteiger partial charge in [-0.15, -0.1) is 0 Å². The third-order valence-electron chi connectivity index (χ3n) is 2.17. The Morgan fingerprint density at radius 2 is 1.91 bits per heavy atom. The Balaban J connectivity index is 2.52. The van der Waals surface area contributed by atoms with Crippen LogP contribution in [0.3, 0.4) is 0 Å². The second-order valence-corrected chi connectivity index (χ2v) is 4.48. The van der Waals surface area contributed by atoms with Crippen LogP contribution in [0.15, 0.2) is 0 Å². The molecule has 0 aromatic rings. The van der Waals surface area contributed by atoms with Crippen LogP contribution in [0.25, 0.3) is 0 Å². The summed E-state index contributed by atoms with van der Waals surface area (Å²) in [6.45, 7) is 5.78. The fourth-order valence-electron chi connectivity index (χ4n) is 1.17. The van der Waals surface area contributed by atoms with E-state index < -0.39 is 0 Å². The van der Waals surface area contributed by atoms with E-state index in [0.717, 1.165) is 12.8 Å². The van der Waals surface area contributed by atoms with Crippen molar-refractivity contribution in [1.82, 2.24) is 0 Å². The maximum Gasteiger partial charge on any atom is 0.155 e. The number of nitrogens with two attached hydrogens (primary N) is 1. The summed E-state index contributed by atoms with van der Waals surface area (Å²) < 4.78 is 0. The number of ketones is 1. The summed E-state index contributed by atoms with van der Waals surface area (Å²) >= 11 is 0. The van der Waals surface area contributed by atoms with Gasteiger partial charge in [0.1, 0.15) is 0 Å². The highest BCUT2D eigenvalue weighted by molar-refractivity contribution is 5.89. The minimum Gasteiger partial charge on any atom is -0.321 e. The number of hydrogen-bond acceptors (Lipinski definition) is 2. The van der Waals surface area contributed by atoms with E-state index in [0.29, 0.717) is 5.92 Å². The van der Waals surface area contributed by atoms with Crippen LogP contribution in [0, 0.1) is 11.3 Å². The summed E-state index contributed by atoms with van der Waals surface area (Å²) in [7, 11) is 0. The molecule has 1 saturated carbocycles. The van der Waals surface area contributed by atoms with Gasteiger partial charge in [-0.05, 0) is 18.8 Å². The van der Waals surface area contributed by atoms with Crippen LogP contribution in [-0.2, 0) is 4.79 Å². The monoisotopic (exact) mass is 155 g/mol. The number of carbonyl (C=O) groups is 1. The van der Waals surface area contributed by atoms with E-state index in [1.165, 1.54) is 0 Å². The van der Waals surface area contributed by atoms with E-state index in [9.17, 15) is 4.79 Å². The second kappa shape index (κ2) is 2.59. The van der Waals surface area contributed by atoms with Gasteiger partial charge < -0.3 is 5.73 Å². The first kappa shape index (κ1) is 8.72. The highest BCUT2D eigenvalue weighted by Crippen LogP contribution is 2.34.